The van der Waals surface area contributed by atoms with Gasteiger partial charge in [-0.25, -0.2) is 0 Å². The summed E-state index contributed by atoms with van der Waals surface area (Å²) in [7, 11) is 0. The van der Waals surface area contributed by atoms with Crippen molar-refractivity contribution in [3.8, 4) is 0 Å². The van der Waals surface area contributed by atoms with Gasteiger partial charge in [-0.05, 0) is 18.9 Å². The Morgan fingerprint density at radius 1 is 1.77 bits per heavy atom. The lowest BCUT2D eigenvalue weighted by molar-refractivity contribution is 0.0991. The maximum atomic E-state index is 10.7. The van der Waals surface area contributed by atoms with E-state index in [4.69, 9.17) is 10.3 Å². The van der Waals surface area contributed by atoms with Gasteiger partial charge in [0.25, 0.3) is 5.91 Å². The van der Waals surface area contributed by atoms with Gasteiger partial charge in [0.2, 0.25) is 0 Å². The normalized spacial score (nSPS) is 11.7. The quantitative estimate of drug-likeness (QED) is 0.767. The highest BCUT2D eigenvalue weighted by molar-refractivity contribution is 5.91. The van der Waals surface area contributed by atoms with Crippen molar-refractivity contribution in [3.63, 3.8) is 0 Å². The molecule has 0 aliphatic heterocycles. The van der Waals surface area contributed by atoms with Crippen LogP contribution in [0.25, 0.3) is 5.57 Å². The number of amides is 1. The Labute approximate surface area is 76.4 Å². The molecule has 4 heteroatoms. The Bertz CT molecular complexity index is 339. The number of nitrogens with two attached hydrogens (primary N) is 1. The molecule has 70 valence electrons. The monoisotopic (exact) mass is 180 g/mol. The molecule has 2 N–H and O–H groups in total. The van der Waals surface area contributed by atoms with Crippen molar-refractivity contribution in [2.75, 3.05) is 0 Å². The number of primary amides is 1. The second-order valence-electron chi connectivity index (χ2n) is 2.61. The molecule has 0 fully saturated rings. The Morgan fingerprint density at radius 2 is 2.46 bits per heavy atom. The van der Waals surface area contributed by atoms with Crippen LogP contribution in [-0.4, -0.2) is 11.1 Å². The minimum absolute atomic E-state index is 0.169. The van der Waals surface area contributed by atoms with Gasteiger partial charge in [-0.2, -0.15) is 0 Å². The third-order valence-electron chi connectivity index (χ3n) is 1.81. The third-order valence-corrected chi connectivity index (χ3v) is 1.81. The Hall–Kier alpha value is -1.58. The van der Waals surface area contributed by atoms with Crippen LogP contribution in [0.3, 0.4) is 0 Å². The van der Waals surface area contributed by atoms with Crippen molar-refractivity contribution in [2.24, 2.45) is 5.73 Å². The van der Waals surface area contributed by atoms with Crippen LogP contribution in [0.4, 0.5) is 0 Å². The van der Waals surface area contributed by atoms with Gasteiger partial charge in [-0.1, -0.05) is 18.2 Å². The van der Waals surface area contributed by atoms with Crippen molar-refractivity contribution in [1.82, 2.24) is 5.16 Å². The SMILES string of the molecule is CC=C(CC)c1cc(C(N)=O)no1. The van der Waals surface area contributed by atoms with Gasteiger partial charge in [0.1, 0.15) is 0 Å². The lowest BCUT2D eigenvalue weighted by atomic mass is 10.1. The number of aromatic nitrogens is 1. The number of hydrogen-bond donors (Lipinski definition) is 1. The van der Waals surface area contributed by atoms with Crippen LogP contribution in [0.15, 0.2) is 16.7 Å². The van der Waals surface area contributed by atoms with Gasteiger partial charge in [0.15, 0.2) is 11.5 Å². The van der Waals surface area contributed by atoms with E-state index >= 15 is 0 Å². The van der Waals surface area contributed by atoms with E-state index in [2.05, 4.69) is 5.16 Å². The predicted molar refractivity (Wildman–Crippen MR) is 49.0 cm³/mol. The second-order valence-corrected chi connectivity index (χ2v) is 2.61. The highest BCUT2D eigenvalue weighted by atomic mass is 16.5. The highest BCUT2D eigenvalue weighted by Gasteiger charge is 2.10. The van der Waals surface area contributed by atoms with Crippen LogP contribution in [0.1, 0.15) is 36.5 Å². The predicted octanol–water partition coefficient (Wildman–Crippen LogP) is 1.59. The third kappa shape index (κ3) is 1.96. The molecule has 0 radical (unpaired) electrons. The summed E-state index contributed by atoms with van der Waals surface area (Å²) in [6.07, 6.45) is 2.76. The molecule has 0 saturated heterocycles. The van der Waals surface area contributed by atoms with E-state index in [1.54, 1.807) is 6.07 Å². The molecule has 0 unspecified atom stereocenters. The van der Waals surface area contributed by atoms with E-state index in [9.17, 15) is 4.79 Å². The first-order valence-electron chi connectivity index (χ1n) is 4.11. The van der Waals surface area contributed by atoms with Gasteiger partial charge in [-0.3, -0.25) is 4.79 Å². The summed E-state index contributed by atoms with van der Waals surface area (Å²) in [4.78, 5) is 10.7. The van der Waals surface area contributed by atoms with Crippen LogP contribution in [0, 0.1) is 0 Å². The minimum Gasteiger partial charge on any atom is -0.364 e. The number of carbonyl (C=O) groups excluding carboxylic acids is 1. The summed E-state index contributed by atoms with van der Waals surface area (Å²) in [6, 6.07) is 1.56. The van der Waals surface area contributed by atoms with E-state index in [1.165, 1.54) is 0 Å². The topological polar surface area (TPSA) is 69.1 Å². The molecule has 13 heavy (non-hydrogen) atoms. The fourth-order valence-electron chi connectivity index (χ4n) is 1.06. The van der Waals surface area contributed by atoms with E-state index in [1.807, 2.05) is 19.9 Å². The average Bonchev–Trinajstić information content (AvgIpc) is 2.56. The molecule has 4 nitrogen and oxygen atoms in total. The number of rotatable bonds is 3. The summed E-state index contributed by atoms with van der Waals surface area (Å²) in [5.74, 6) is 0.0420. The molecule has 1 heterocycles. The van der Waals surface area contributed by atoms with Gasteiger partial charge < -0.3 is 10.3 Å². The lowest BCUT2D eigenvalue weighted by Gasteiger charge is -1.94. The Kier molecular flexibility index (Phi) is 2.84. The summed E-state index contributed by atoms with van der Waals surface area (Å²) >= 11 is 0. The standard InChI is InChI=1S/C9H12N2O2/c1-3-6(4-2)8-5-7(9(10)12)11-13-8/h3,5H,4H2,1-2H3,(H2,10,12). The van der Waals surface area contributed by atoms with E-state index in [-0.39, 0.29) is 5.69 Å². The van der Waals surface area contributed by atoms with Crippen LogP contribution in [0.2, 0.25) is 0 Å². The van der Waals surface area contributed by atoms with Crippen molar-refractivity contribution in [1.29, 1.82) is 0 Å². The lowest BCUT2D eigenvalue weighted by Crippen LogP contribution is -2.10. The number of nitrogens with zero attached hydrogens (tertiary/aromatic N) is 1. The average molecular weight is 180 g/mol. The summed E-state index contributed by atoms with van der Waals surface area (Å²) in [6.45, 7) is 3.91. The molecule has 1 aromatic rings. The van der Waals surface area contributed by atoms with Crippen molar-refractivity contribution < 1.29 is 9.32 Å². The Balaban J connectivity index is 2.97. The smallest absolute Gasteiger partial charge is 0.270 e. The summed E-state index contributed by atoms with van der Waals surface area (Å²) < 4.78 is 4.95. The first kappa shape index (κ1) is 9.51. The van der Waals surface area contributed by atoms with E-state index in [0.717, 1.165) is 12.0 Å². The zero-order valence-corrected chi connectivity index (χ0v) is 7.70. The number of hydrogen-bond acceptors (Lipinski definition) is 3. The summed E-state index contributed by atoms with van der Waals surface area (Å²) in [5, 5.41) is 3.54. The molecular weight excluding hydrogens is 168 g/mol. The molecular formula is C9H12N2O2. The Morgan fingerprint density at radius 3 is 2.85 bits per heavy atom. The largest absolute Gasteiger partial charge is 0.364 e. The zero-order valence-electron chi connectivity index (χ0n) is 7.70. The van der Waals surface area contributed by atoms with Crippen LogP contribution in [-0.2, 0) is 0 Å². The molecule has 0 saturated carbocycles. The summed E-state index contributed by atoms with van der Waals surface area (Å²) in [5.41, 5.74) is 6.21. The molecule has 0 spiro atoms. The van der Waals surface area contributed by atoms with Gasteiger partial charge >= 0.3 is 0 Å². The van der Waals surface area contributed by atoms with Crippen molar-refractivity contribution >= 4 is 11.5 Å². The number of carbonyl (C=O) groups is 1. The van der Waals surface area contributed by atoms with E-state index in [0.29, 0.717) is 5.76 Å². The zero-order chi connectivity index (χ0) is 9.84. The van der Waals surface area contributed by atoms with Crippen LogP contribution in [0.5, 0.6) is 0 Å². The van der Waals surface area contributed by atoms with Gasteiger partial charge in [-0.15, -0.1) is 0 Å². The number of allylic oxidation sites excluding steroid dienone is 2. The fourth-order valence-corrected chi connectivity index (χ4v) is 1.06. The first-order chi connectivity index (χ1) is 6.19. The maximum Gasteiger partial charge on any atom is 0.270 e. The molecule has 0 aliphatic carbocycles. The second kappa shape index (κ2) is 3.89. The molecule has 1 aromatic heterocycles. The van der Waals surface area contributed by atoms with Crippen molar-refractivity contribution in [3.05, 3.63) is 23.6 Å². The van der Waals surface area contributed by atoms with Crippen LogP contribution < -0.4 is 5.73 Å². The van der Waals surface area contributed by atoms with E-state index < -0.39 is 5.91 Å². The molecule has 1 amide bonds. The molecule has 0 bridgehead atoms. The minimum atomic E-state index is -0.568. The fraction of sp³-hybridized carbons (Fsp3) is 0.333. The van der Waals surface area contributed by atoms with Gasteiger partial charge in [0, 0.05) is 6.07 Å². The van der Waals surface area contributed by atoms with Gasteiger partial charge in [0.05, 0.1) is 0 Å². The maximum absolute atomic E-state index is 10.7. The van der Waals surface area contributed by atoms with Crippen LogP contribution >= 0.6 is 0 Å². The van der Waals surface area contributed by atoms with Crippen molar-refractivity contribution in [2.45, 2.75) is 20.3 Å². The highest BCUT2D eigenvalue weighted by Crippen LogP contribution is 2.18. The molecule has 1 rings (SSSR count). The molecule has 0 aliphatic rings. The molecule has 0 aromatic carbocycles. The molecule has 0 atom stereocenters. The first-order valence-corrected chi connectivity index (χ1v) is 4.11.